The lowest BCUT2D eigenvalue weighted by Crippen LogP contribution is -2.14. The molecule has 0 saturated heterocycles. The average Bonchev–Trinajstić information content (AvgIpc) is 3.18. The van der Waals surface area contributed by atoms with Gasteiger partial charge in [0.2, 0.25) is 0 Å². The van der Waals surface area contributed by atoms with Crippen LogP contribution in [-0.2, 0) is 0 Å². The molecule has 4 heteroatoms. The van der Waals surface area contributed by atoms with E-state index in [0.29, 0.717) is 4.99 Å². The Bertz CT molecular complexity index is 430. The molecule has 1 aromatic rings. The second-order valence-corrected chi connectivity index (χ2v) is 5.23. The van der Waals surface area contributed by atoms with Gasteiger partial charge in [-0.3, -0.25) is 0 Å². The summed E-state index contributed by atoms with van der Waals surface area (Å²) in [6.07, 6.45) is 5.34. The maximum absolute atomic E-state index is 5.72. The molecule has 0 heterocycles. The van der Waals surface area contributed by atoms with Crippen molar-refractivity contribution >= 4 is 22.9 Å². The zero-order valence-electron chi connectivity index (χ0n) is 10.7. The van der Waals surface area contributed by atoms with Gasteiger partial charge >= 0.3 is 0 Å². The molecule has 0 aromatic heterocycles. The molecule has 0 amide bonds. The van der Waals surface area contributed by atoms with E-state index in [4.69, 9.17) is 22.7 Å². The van der Waals surface area contributed by atoms with Crippen molar-refractivity contribution in [2.45, 2.75) is 25.7 Å². The van der Waals surface area contributed by atoms with E-state index in [9.17, 15) is 0 Å². The van der Waals surface area contributed by atoms with Crippen molar-refractivity contribution in [3.8, 4) is 5.75 Å². The summed E-state index contributed by atoms with van der Waals surface area (Å²) < 4.78 is 5.22. The Morgan fingerprint density at radius 1 is 1.50 bits per heavy atom. The molecule has 1 aliphatic rings. The Morgan fingerprint density at radius 3 is 2.89 bits per heavy atom. The molecule has 1 aliphatic carbocycles. The Labute approximate surface area is 114 Å². The van der Waals surface area contributed by atoms with E-state index < -0.39 is 0 Å². The third-order valence-electron chi connectivity index (χ3n) is 3.29. The molecular formula is C14H20N2OS. The summed E-state index contributed by atoms with van der Waals surface area (Å²) in [6.45, 7) is 0.958. The summed E-state index contributed by atoms with van der Waals surface area (Å²) in [4.78, 5) is 0.419. The zero-order chi connectivity index (χ0) is 13.0. The first-order valence-corrected chi connectivity index (χ1v) is 6.83. The van der Waals surface area contributed by atoms with Crippen LogP contribution >= 0.6 is 12.2 Å². The normalized spacial score (nSPS) is 14.3. The second-order valence-electron chi connectivity index (χ2n) is 4.79. The van der Waals surface area contributed by atoms with Gasteiger partial charge in [0, 0.05) is 23.9 Å². The van der Waals surface area contributed by atoms with Gasteiger partial charge < -0.3 is 15.8 Å². The predicted molar refractivity (Wildman–Crippen MR) is 79.3 cm³/mol. The highest BCUT2D eigenvalue weighted by molar-refractivity contribution is 7.80. The molecule has 0 radical (unpaired) electrons. The first kappa shape index (κ1) is 13.1. The topological polar surface area (TPSA) is 47.3 Å². The largest absolute Gasteiger partial charge is 0.497 e. The fourth-order valence-corrected chi connectivity index (χ4v) is 2.21. The van der Waals surface area contributed by atoms with Crippen LogP contribution in [0.4, 0.5) is 5.69 Å². The maximum atomic E-state index is 5.72. The minimum atomic E-state index is 0.419. The van der Waals surface area contributed by atoms with Crippen LogP contribution < -0.4 is 15.8 Å². The van der Waals surface area contributed by atoms with Crippen molar-refractivity contribution in [3.05, 3.63) is 23.8 Å². The summed E-state index contributed by atoms with van der Waals surface area (Å²) in [5.74, 6) is 1.80. The molecular weight excluding hydrogens is 244 g/mol. The van der Waals surface area contributed by atoms with Gasteiger partial charge in [0.25, 0.3) is 0 Å². The predicted octanol–water partition coefficient (Wildman–Crippen LogP) is 2.93. The SMILES string of the molecule is COc1ccc(C(N)=S)c(NCCCC2CC2)c1. The van der Waals surface area contributed by atoms with Crippen LogP contribution in [0.1, 0.15) is 31.2 Å². The number of nitrogens with one attached hydrogen (secondary N) is 1. The highest BCUT2D eigenvalue weighted by atomic mass is 32.1. The number of anilines is 1. The molecule has 0 atom stereocenters. The standard InChI is InChI=1S/C14H20N2OS/c1-17-11-6-7-12(14(15)18)13(9-11)16-8-2-3-10-4-5-10/h6-7,9-10,16H,2-5,8H2,1H3,(H2,15,18). The number of benzene rings is 1. The molecule has 1 fully saturated rings. The molecule has 3 N–H and O–H groups in total. The lowest BCUT2D eigenvalue weighted by molar-refractivity contribution is 0.415. The van der Waals surface area contributed by atoms with E-state index in [1.807, 2.05) is 18.2 Å². The highest BCUT2D eigenvalue weighted by Crippen LogP contribution is 2.33. The first-order valence-electron chi connectivity index (χ1n) is 6.42. The van der Waals surface area contributed by atoms with Gasteiger partial charge in [-0.25, -0.2) is 0 Å². The Hall–Kier alpha value is -1.29. The maximum Gasteiger partial charge on any atom is 0.120 e. The second kappa shape index (κ2) is 6.05. The molecule has 0 unspecified atom stereocenters. The summed E-state index contributed by atoms with van der Waals surface area (Å²) >= 11 is 5.06. The van der Waals surface area contributed by atoms with Crippen LogP contribution in [0.25, 0.3) is 0 Å². The van der Waals surface area contributed by atoms with Crippen LogP contribution in [0.3, 0.4) is 0 Å². The van der Waals surface area contributed by atoms with Gasteiger partial charge in [-0.05, 0) is 30.9 Å². The fourth-order valence-electron chi connectivity index (χ4n) is 2.03. The van der Waals surface area contributed by atoms with Gasteiger partial charge in [0.1, 0.15) is 10.7 Å². The van der Waals surface area contributed by atoms with E-state index in [-0.39, 0.29) is 0 Å². The molecule has 98 valence electrons. The average molecular weight is 264 g/mol. The minimum absolute atomic E-state index is 0.419. The van der Waals surface area contributed by atoms with E-state index in [1.165, 1.54) is 25.7 Å². The van der Waals surface area contributed by atoms with Gasteiger partial charge in [-0.2, -0.15) is 0 Å². The molecule has 1 aromatic carbocycles. The molecule has 0 aliphatic heterocycles. The van der Waals surface area contributed by atoms with Crippen LogP contribution in [0, 0.1) is 5.92 Å². The van der Waals surface area contributed by atoms with Gasteiger partial charge in [0.15, 0.2) is 0 Å². The first-order chi connectivity index (χ1) is 8.70. The number of methoxy groups -OCH3 is 1. The lowest BCUT2D eigenvalue weighted by atomic mass is 10.1. The Kier molecular flexibility index (Phi) is 4.42. The number of nitrogens with two attached hydrogens (primary N) is 1. The van der Waals surface area contributed by atoms with E-state index in [1.54, 1.807) is 7.11 Å². The summed E-state index contributed by atoms with van der Waals surface area (Å²) in [5.41, 5.74) is 7.58. The monoisotopic (exact) mass is 264 g/mol. The third-order valence-corrected chi connectivity index (χ3v) is 3.51. The van der Waals surface area contributed by atoms with Crippen LogP contribution in [0.2, 0.25) is 0 Å². The van der Waals surface area contributed by atoms with Crippen LogP contribution in [0.5, 0.6) is 5.75 Å². The van der Waals surface area contributed by atoms with Gasteiger partial charge in [-0.15, -0.1) is 0 Å². The van der Waals surface area contributed by atoms with Crippen molar-refractivity contribution in [1.29, 1.82) is 0 Å². The lowest BCUT2D eigenvalue weighted by Gasteiger charge is -2.12. The van der Waals surface area contributed by atoms with Crippen molar-refractivity contribution in [1.82, 2.24) is 0 Å². The van der Waals surface area contributed by atoms with Crippen molar-refractivity contribution < 1.29 is 4.74 Å². The molecule has 3 nitrogen and oxygen atoms in total. The number of rotatable bonds is 7. The Balaban J connectivity index is 1.95. The van der Waals surface area contributed by atoms with Gasteiger partial charge in [-0.1, -0.05) is 25.1 Å². The quantitative estimate of drug-likeness (QED) is 0.587. The molecule has 2 rings (SSSR count). The number of hydrogen-bond donors (Lipinski definition) is 2. The van der Waals surface area contributed by atoms with Crippen molar-refractivity contribution in [3.63, 3.8) is 0 Å². The van der Waals surface area contributed by atoms with Crippen LogP contribution in [-0.4, -0.2) is 18.6 Å². The fraction of sp³-hybridized carbons (Fsp3) is 0.500. The van der Waals surface area contributed by atoms with E-state index in [0.717, 1.165) is 29.5 Å². The third kappa shape index (κ3) is 3.60. The van der Waals surface area contributed by atoms with E-state index >= 15 is 0 Å². The summed E-state index contributed by atoms with van der Waals surface area (Å²) in [6, 6.07) is 5.74. The molecule has 18 heavy (non-hydrogen) atoms. The van der Waals surface area contributed by atoms with Gasteiger partial charge in [0.05, 0.1) is 7.11 Å². The number of thiocarbonyl (C=S) groups is 1. The summed E-state index contributed by atoms with van der Waals surface area (Å²) in [5, 5.41) is 3.40. The molecule has 0 spiro atoms. The van der Waals surface area contributed by atoms with Crippen molar-refractivity contribution in [2.24, 2.45) is 11.7 Å². The smallest absolute Gasteiger partial charge is 0.120 e. The zero-order valence-corrected chi connectivity index (χ0v) is 11.6. The summed E-state index contributed by atoms with van der Waals surface area (Å²) in [7, 11) is 1.66. The Morgan fingerprint density at radius 2 is 2.28 bits per heavy atom. The number of ether oxygens (including phenoxy) is 1. The highest BCUT2D eigenvalue weighted by Gasteiger charge is 2.20. The minimum Gasteiger partial charge on any atom is -0.497 e. The molecule has 1 saturated carbocycles. The molecule has 0 bridgehead atoms. The van der Waals surface area contributed by atoms with Crippen molar-refractivity contribution in [2.75, 3.05) is 19.0 Å². The number of hydrogen-bond acceptors (Lipinski definition) is 3. The van der Waals surface area contributed by atoms with Crippen LogP contribution in [0.15, 0.2) is 18.2 Å². The van der Waals surface area contributed by atoms with E-state index in [2.05, 4.69) is 5.32 Å².